The van der Waals surface area contributed by atoms with Crippen LogP contribution < -0.4 is 0 Å². The minimum atomic E-state index is -1.73. The lowest BCUT2D eigenvalue weighted by Gasteiger charge is -2.48. The van der Waals surface area contributed by atoms with Gasteiger partial charge >= 0.3 is 5.97 Å². The topological polar surface area (TPSA) is 173 Å². The molecule has 0 spiro atoms. The number of rotatable bonds is 7. The fourth-order valence-electron chi connectivity index (χ4n) is 8.15. The molecule has 3 aliphatic heterocycles. The molecule has 2 bridgehead atoms. The highest BCUT2D eigenvalue weighted by molar-refractivity contribution is 5.88. The van der Waals surface area contributed by atoms with E-state index in [2.05, 4.69) is 5.16 Å². The molecule has 13 heteroatoms. The molecule has 3 aliphatic rings. The first-order chi connectivity index (χ1) is 24.4. The van der Waals surface area contributed by atoms with Crippen LogP contribution in [0, 0.1) is 29.1 Å². The van der Waals surface area contributed by atoms with Crippen molar-refractivity contribution in [3.8, 4) is 0 Å². The quantitative estimate of drug-likeness (QED) is 0.236. The summed E-state index contributed by atoms with van der Waals surface area (Å²) >= 11 is 0. The van der Waals surface area contributed by atoms with Crippen LogP contribution in [0.15, 0.2) is 35.5 Å². The zero-order chi connectivity index (χ0) is 38.5. The number of aliphatic hydroxyl groups excluding tert-OH is 2. The Labute approximate surface area is 309 Å². The average molecular weight is 734 g/mol. The van der Waals surface area contributed by atoms with Crippen LogP contribution in [0.4, 0.5) is 0 Å². The van der Waals surface area contributed by atoms with Gasteiger partial charge in [0.1, 0.15) is 30.1 Å². The molecule has 0 amide bonds. The average Bonchev–Trinajstić information content (AvgIpc) is 3.11. The van der Waals surface area contributed by atoms with E-state index in [4.69, 9.17) is 28.5 Å². The second kappa shape index (κ2) is 17.8. The smallest absolute Gasteiger partial charge is 0.311 e. The standard InChI is InChI=1S/C39H63N3O10/c1-11-30-39(8,46)35-24(4)31(40)22(2)18-38(7,48-21-28(20-47-35)41-49-19-27-15-13-12-14-16-27)34(25(5)32(43)26(6)36(45)51-30)52-37-33(44)29(42(9)10)17-23(3)50-37/h12-16,22-26,29-30,32-35,37,40,43-44,46H,11,17-21H2,1-10H3/b40-31?,41-28+/t22-,23-,24+,25+,26-,29+,30-,32+,33-,34-,35-,37+,38-,39-/m1/s1. The van der Waals surface area contributed by atoms with Crippen molar-refractivity contribution in [1.82, 2.24) is 4.90 Å². The molecule has 1 aromatic carbocycles. The third-order valence-electron chi connectivity index (χ3n) is 11.4. The lowest BCUT2D eigenvalue weighted by atomic mass is 9.73. The Morgan fingerprint density at radius 3 is 2.33 bits per heavy atom. The summed E-state index contributed by atoms with van der Waals surface area (Å²) in [6, 6.07) is 9.34. The first-order valence-corrected chi connectivity index (χ1v) is 18.7. The number of fused-ring (bicyclic) bond motifs is 5. The van der Waals surface area contributed by atoms with Gasteiger partial charge in [-0.15, -0.1) is 0 Å². The molecule has 3 fully saturated rings. The predicted octanol–water partition coefficient (Wildman–Crippen LogP) is 3.95. The predicted molar refractivity (Wildman–Crippen MR) is 196 cm³/mol. The van der Waals surface area contributed by atoms with Gasteiger partial charge in [0.15, 0.2) is 6.29 Å². The van der Waals surface area contributed by atoms with Crippen molar-refractivity contribution in [3.05, 3.63) is 35.9 Å². The number of cyclic esters (lactones) is 1. The maximum Gasteiger partial charge on any atom is 0.311 e. The highest BCUT2D eigenvalue weighted by atomic mass is 16.7. The molecule has 13 nitrogen and oxygen atoms in total. The van der Waals surface area contributed by atoms with E-state index in [9.17, 15) is 25.5 Å². The zero-order valence-electron chi connectivity index (χ0n) is 32.7. The number of likely N-dealkylation sites (N-methyl/N-ethyl adjacent to an activating group) is 1. The summed E-state index contributed by atoms with van der Waals surface area (Å²) in [6.07, 6.45) is -5.53. The Hall–Kier alpha value is -2.49. The largest absolute Gasteiger partial charge is 0.459 e. The Bertz CT molecular complexity index is 1360. The molecule has 0 radical (unpaired) electrons. The van der Waals surface area contributed by atoms with E-state index in [0.29, 0.717) is 17.8 Å². The highest BCUT2D eigenvalue weighted by Crippen LogP contribution is 2.40. The normalized spacial score (nSPS) is 42.2. The third-order valence-corrected chi connectivity index (χ3v) is 11.4. The molecule has 4 rings (SSSR count). The van der Waals surface area contributed by atoms with Crippen LogP contribution in [0.1, 0.15) is 80.2 Å². The number of aliphatic hydroxyl groups is 3. The van der Waals surface area contributed by atoms with Gasteiger partial charge in [-0.25, -0.2) is 0 Å². The van der Waals surface area contributed by atoms with Gasteiger partial charge in [-0.3, -0.25) is 4.79 Å². The summed E-state index contributed by atoms with van der Waals surface area (Å²) in [4.78, 5) is 21.5. The van der Waals surface area contributed by atoms with Gasteiger partial charge in [0.05, 0.1) is 49.1 Å². The summed E-state index contributed by atoms with van der Waals surface area (Å²) < 4.78 is 32.3. The van der Waals surface area contributed by atoms with Gasteiger partial charge in [-0.1, -0.05) is 63.2 Å². The molecule has 0 aromatic heterocycles. The molecule has 294 valence electrons. The van der Waals surface area contributed by atoms with Crippen LogP contribution in [0.5, 0.6) is 0 Å². The number of nitrogens with zero attached hydrogens (tertiary/aromatic N) is 2. The Morgan fingerprint density at radius 1 is 1.02 bits per heavy atom. The first kappa shape index (κ1) is 42.3. The Morgan fingerprint density at radius 2 is 1.69 bits per heavy atom. The molecule has 14 atom stereocenters. The van der Waals surface area contributed by atoms with Crippen molar-refractivity contribution in [1.29, 1.82) is 5.41 Å². The van der Waals surface area contributed by atoms with E-state index in [0.717, 1.165) is 5.56 Å². The van der Waals surface area contributed by atoms with E-state index in [1.54, 1.807) is 27.7 Å². The van der Waals surface area contributed by atoms with Gasteiger partial charge in [-0.2, -0.15) is 0 Å². The van der Waals surface area contributed by atoms with Gasteiger partial charge in [0, 0.05) is 23.6 Å². The van der Waals surface area contributed by atoms with Crippen LogP contribution in [-0.2, 0) is 39.9 Å². The van der Waals surface area contributed by atoms with Crippen molar-refractivity contribution in [2.45, 2.75) is 141 Å². The van der Waals surface area contributed by atoms with Crippen molar-refractivity contribution in [3.63, 3.8) is 0 Å². The summed E-state index contributed by atoms with van der Waals surface area (Å²) in [7, 11) is 3.79. The van der Waals surface area contributed by atoms with E-state index >= 15 is 0 Å². The second-order valence-electron chi connectivity index (χ2n) is 15.9. The van der Waals surface area contributed by atoms with E-state index < -0.39 is 77.7 Å². The third kappa shape index (κ3) is 9.59. The molecule has 3 heterocycles. The van der Waals surface area contributed by atoms with E-state index in [-0.39, 0.29) is 44.8 Å². The molecule has 52 heavy (non-hydrogen) atoms. The van der Waals surface area contributed by atoms with Crippen LogP contribution in [0.25, 0.3) is 0 Å². The van der Waals surface area contributed by atoms with Crippen LogP contribution in [0.3, 0.4) is 0 Å². The van der Waals surface area contributed by atoms with Gasteiger partial charge in [0.25, 0.3) is 0 Å². The summed E-state index contributed by atoms with van der Waals surface area (Å²) in [5.74, 6) is -3.53. The molecule has 4 N–H and O–H groups in total. The Balaban J connectivity index is 1.86. The van der Waals surface area contributed by atoms with Gasteiger partial charge < -0.3 is 54.2 Å². The number of nitrogens with one attached hydrogen (secondary N) is 1. The number of benzene rings is 1. The minimum absolute atomic E-state index is 0.0791. The molecule has 0 unspecified atom stereocenters. The minimum Gasteiger partial charge on any atom is -0.459 e. The number of carbonyl (C=O) groups excluding carboxylic acids is 1. The molecular formula is C39H63N3O10. The lowest BCUT2D eigenvalue weighted by molar-refractivity contribution is -0.302. The van der Waals surface area contributed by atoms with Crippen molar-refractivity contribution in [2.75, 3.05) is 27.3 Å². The molecule has 0 aliphatic carbocycles. The van der Waals surface area contributed by atoms with Gasteiger partial charge in [0.2, 0.25) is 0 Å². The zero-order valence-corrected chi connectivity index (χ0v) is 32.7. The summed E-state index contributed by atoms with van der Waals surface area (Å²) in [5, 5.41) is 49.5. The summed E-state index contributed by atoms with van der Waals surface area (Å²) in [5.41, 5.74) is -1.38. The number of hydrogen-bond acceptors (Lipinski definition) is 13. The number of oxime groups is 1. The fraction of sp³-hybridized carbons (Fsp3) is 0.769. The van der Waals surface area contributed by atoms with Crippen LogP contribution in [-0.4, -0.2) is 125 Å². The molecule has 3 saturated heterocycles. The second-order valence-corrected chi connectivity index (χ2v) is 15.9. The summed E-state index contributed by atoms with van der Waals surface area (Å²) in [6.45, 7) is 14.3. The van der Waals surface area contributed by atoms with Crippen molar-refractivity contribution >= 4 is 17.4 Å². The maximum atomic E-state index is 13.7. The van der Waals surface area contributed by atoms with E-state index in [1.807, 2.05) is 77.0 Å². The highest BCUT2D eigenvalue weighted by Gasteiger charge is 2.52. The SMILES string of the molecule is CC[C@H]1OC(=O)[C@H](C)[C@@H](O)[C@H](C)[C@@H](O[C@@H]2O[C@H](C)C[C@H](N(C)C)[C@H]2O)[C@@]2(C)C[C@@H](C)C(=N)[C@H](C)[C@@H](OC/C(=N\OCc3ccccc3)CO2)[C@]1(C)O. The molecule has 0 saturated carbocycles. The number of carbonyl (C=O) groups is 1. The maximum absolute atomic E-state index is 13.7. The van der Waals surface area contributed by atoms with Crippen molar-refractivity contribution < 1.29 is 48.6 Å². The van der Waals surface area contributed by atoms with E-state index in [1.165, 1.54) is 0 Å². The first-order valence-electron chi connectivity index (χ1n) is 18.7. The van der Waals surface area contributed by atoms with Crippen LogP contribution >= 0.6 is 0 Å². The molecular weight excluding hydrogens is 670 g/mol. The fourth-order valence-corrected chi connectivity index (χ4v) is 8.15. The monoisotopic (exact) mass is 733 g/mol. The lowest BCUT2D eigenvalue weighted by Crippen LogP contribution is -2.60. The van der Waals surface area contributed by atoms with Crippen molar-refractivity contribution in [2.24, 2.45) is 28.8 Å². The number of esters is 1. The Kier molecular flexibility index (Phi) is 14.4. The number of ether oxygens (including phenoxy) is 5. The van der Waals surface area contributed by atoms with Gasteiger partial charge in [-0.05, 0) is 72.5 Å². The van der Waals surface area contributed by atoms with Crippen LogP contribution in [0.2, 0.25) is 0 Å². The molecule has 1 aromatic rings. The number of hydrogen-bond donors (Lipinski definition) is 4.